The van der Waals surface area contributed by atoms with Gasteiger partial charge >= 0.3 is 0 Å². The zero-order valence-electron chi connectivity index (χ0n) is 17.8. The van der Waals surface area contributed by atoms with Crippen molar-refractivity contribution in [3.63, 3.8) is 0 Å². The van der Waals surface area contributed by atoms with Crippen molar-refractivity contribution in [3.8, 4) is 0 Å². The van der Waals surface area contributed by atoms with Crippen LogP contribution in [0.15, 0.2) is 71.8 Å². The van der Waals surface area contributed by atoms with E-state index in [9.17, 15) is 13.6 Å². The Bertz CT molecular complexity index is 1080. The highest BCUT2D eigenvalue weighted by molar-refractivity contribution is 7.99. The molecule has 4 rings (SSSR count). The zero-order valence-corrected chi connectivity index (χ0v) is 18.7. The minimum absolute atomic E-state index is 0.215. The maximum atomic E-state index is 12.9. The van der Waals surface area contributed by atoms with E-state index in [1.165, 1.54) is 0 Å². The number of rotatable bonds is 8. The molecule has 0 saturated carbocycles. The first-order chi connectivity index (χ1) is 16.1. The molecule has 0 spiro atoms. The minimum Gasteiger partial charge on any atom is -0.378 e. The summed E-state index contributed by atoms with van der Waals surface area (Å²) in [6.07, 6.45) is 1.75. The van der Waals surface area contributed by atoms with Gasteiger partial charge in [0.1, 0.15) is 5.82 Å². The number of hydrogen-bond acceptors (Lipinski definition) is 6. The van der Waals surface area contributed by atoms with Crippen molar-refractivity contribution >= 4 is 34.9 Å². The number of pyridine rings is 1. The minimum atomic E-state index is -2.46. The lowest BCUT2D eigenvalue weighted by atomic mass is 10.1. The summed E-state index contributed by atoms with van der Waals surface area (Å²) in [5.41, 5.74) is 2.79. The van der Waals surface area contributed by atoms with Gasteiger partial charge in [-0.1, -0.05) is 23.9 Å². The molecule has 3 aromatic rings. The first-order valence-electron chi connectivity index (χ1n) is 10.6. The molecule has 1 saturated heterocycles. The third kappa shape index (κ3) is 6.43. The molecule has 2 aromatic carbocycles. The van der Waals surface area contributed by atoms with Crippen molar-refractivity contribution in [1.82, 2.24) is 10.3 Å². The average Bonchev–Trinajstić information content (AvgIpc) is 2.84. The molecule has 1 aliphatic rings. The maximum Gasteiger partial charge on any atom is 0.288 e. The van der Waals surface area contributed by atoms with Crippen molar-refractivity contribution in [1.29, 1.82) is 0 Å². The molecular formula is C24H24F2N4O2S. The Hall–Kier alpha value is -3.17. The molecule has 33 heavy (non-hydrogen) atoms. The SMILES string of the molecule is O=C(NCc1ccnc(N2CCOCC2)c1)c1ccccc1Nc1ccc(SC(F)F)cc1. The molecule has 1 fully saturated rings. The van der Waals surface area contributed by atoms with Gasteiger partial charge in [0.15, 0.2) is 0 Å². The van der Waals surface area contributed by atoms with Crippen molar-refractivity contribution < 1.29 is 18.3 Å². The molecule has 0 radical (unpaired) electrons. The van der Waals surface area contributed by atoms with Gasteiger partial charge in [0.05, 0.1) is 24.5 Å². The molecule has 1 aliphatic heterocycles. The van der Waals surface area contributed by atoms with Crippen molar-refractivity contribution in [2.75, 3.05) is 36.5 Å². The lowest BCUT2D eigenvalue weighted by molar-refractivity contribution is 0.0951. The number of nitrogens with zero attached hydrogens (tertiary/aromatic N) is 2. The number of amides is 1. The maximum absolute atomic E-state index is 12.9. The molecule has 0 bridgehead atoms. The van der Waals surface area contributed by atoms with Gasteiger partial charge in [0.2, 0.25) is 0 Å². The Labute approximate surface area is 195 Å². The smallest absolute Gasteiger partial charge is 0.288 e. The van der Waals surface area contributed by atoms with E-state index in [2.05, 4.69) is 20.5 Å². The molecule has 0 atom stereocenters. The lowest BCUT2D eigenvalue weighted by Crippen LogP contribution is -2.36. The van der Waals surface area contributed by atoms with Crippen LogP contribution < -0.4 is 15.5 Å². The summed E-state index contributed by atoms with van der Waals surface area (Å²) < 4.78 is 30.4. The first kappa shape index (κ1) is 23.0. The van der Waals surface area contributed by atoms with Crippen LogP contribution in [-0.4, -0.2) is 43.0 Å². The quantitative estimate of drug-likeness (QED) is 0.456. The number of hydrogen-bond donors (Lipinski definition) is 2. The normalized spacial score (nSPS) is 13.7. The van der Waals surface area contributed by atoms with E-state index in [-0.39, 0.29) is 5.91 Å². The molecule has 0 unspecified atom stereocenters. The van der Waals surface area contributed by atoms with Gasteiger partial charge in [-0.15, -0.1) is 0 Å². The third-order valence-electron chi connectivity index (χ3n) is 5.13. The summed E-state index contributed by atoms with van der Waals surface area (Å²) >= 11 is 0.497. The highest BCUT2D eigenvalue weighted by Crippen LogP contribution is 2.28. The number of halogens is 2. The lowest BCUT2D eigenvalue weighted by Gasteiger charge is -2.28. The zero-order chi connectivity index (χ0) is 23.0. The van der Waals surface area contributed by atoms with Crippen molar-refractivity contribution in [3.05, 3.63) is 78.0 Å². The second-order valence-electron chi connectivity index (χ2n) is 7.38. The number of morpholine rings is 1. The molecule has 0 aliphatic carbocycles. The molecule has 172 valence electrons. The van der Waals surface area contributed by atoms with Gasteiger partial charge < -0.3 is 20.3 Å². The number of benzene rings is 2. The summed E-state index contributed by atoms with van der Waals surface area (Å²) in [5.74, 6) is -1.80. The molecule has 2 heterocycles. The van der Waals surface area contributed by atoms with E-state index in [0.29, 0.717) is 53.4 Å². The first-order valence-corrected chi connectivity index (χ1v) is 11.4. The van der Waals surface area contributed by atoms with Gasteiger partial charge in [0, 0.05) is 36.4 Å². The van der Waals surface area contributed by atoms with E-state index in [4.69, 9.17) is 4.74 Å². The molecule has 1 amide bonds. The molecule has 2 N–H and O–H groups in total. The Morgan fingerprint density at radius 1 is 1.09 bits per heavy atom. The third-order valence-corrected chi connectivity index (χ3v) is 5.85. The van der Waals surface area contributed by atoms with Gasteiger partial charge in [-0.2, -0.15) is 8.78 Å². The Morgan fingerprint density at radius 2 is 1.85 bits per heavy atom. The fourth-order valence-electron chi connectivity index (χ4n) is 3.48. The summed E-state index contributed by atoms with van der Waals surface area (Å²) in [6, 6.07) is 17.7. The van der Waals surface area contributed by atoms with Crippen LogP contribution in [0.1, 0.15) is 15.9 Å². The number of carbonyl (C=O) groups is 1. The average molecular weight is 471 g/mol. The number of thioether (sulfide) groups is 1. The van der Waals surface area contributed by atoms with E-state index in [1.54, 1.807) is 48.7 Å². The fraction of sp³-hybridized carbons (Fsp3) is 0.250. The van der Waals surface area contributed by atoms with Crippen LogP contribution in [0.5, 0.6) is 0 Å². The monoisotopic (exact) mass is 470 g/mol. The van der Waals surface area contributed by atoms with Crippen LogP contribution in [0, 0.1) is 0 Å². The van der Waals surface area contributed by atoms with Crippen LogP contribution in [0.25, 0.3) is 0 Å². The van der Waals surface area contributed by atoms with Gasteiger partial charge in [-0.3, -0.25) is 4.79 Å². The number of carbonyl (C=O) groups excluding carboxylic acids is 1. The van der Waals surface area contributed by atoms with Crippen LogP contribution >= 0.6 is 11.8 Å². The Morgan fingerprint density at radius 3 is 2.61 bits per heavy atom. The molecule has 1 aromatic heterocycles. The summed E-state index contributed by atoms with van der Waals surface area (Å²) in [4.78, 5) is 20.0. The summed E-state index contributed by atoms with van der Waals surface area (Å²) in [7, 11) is 0. The van der Waals surface area contributed by atoms with E-state index in [1.807, 2.05) is 18.2 Å². The highest BCUT2D eigenvalue weighted by atomic mass is 32.2. The standard InChI is InChI=1S/C24H24F2N4O2S/c25-24(26)33-19-7-5-18(6-8-19)29-21-4-2-1-3-20(21)23(31)28-16-17-9-10-27-22(15-17)30-11-13-32-14-12-30/h1-10,15,24,29H,11-14,16H2,(H,28,31). The molecule has 9 heteroatoms. The Kier molecular flexibility index (Phi) is 7.74. The van der Waals surface area contributed by atoms with Crippen molar-refractivity contribution in [2.24, 2.45) is 0 Å². The number of nitrogens with one attached hydrogen (secondary N) is 2. The molecule has 6 nitrogen and oxygen atoms in total. The molecular weight excluding hydrogens is 446 g/mol. The summed E-state index contributed by atoms with van der Waals surface area (Å²) in [6.45, 7) is 3.32. The van der Waals surface area contributed by atoms with Crippen molar-refractivity contribution in [2.45, 2.75) is 17.2 Å². The number of aromatic nitrogens is 1. The largest absolute Gasteiger partial charge is 0.378 e. The number of anilines is 3. The second-order valence-corrected chi connectivity index (χ2v) is 8.44. The predicted molar refractivity (Wildman–Crippen MR) is 126 cm³/mol. The van der Waals surface area contributed by atoms with Crippen LogP contribution in [0.3, 0.4) is 0 Å². The van der Waals surface area contributed by atoms with Crippen LogP contribution in [-0.2, 0) is 11.3 Å². The van der Waals surface area contributed by atoms with E-state index < -0.39 is 5.76 Å². The van der Waals surface area contributed by atoms with Crippen LogP contribution in [0.4, 0.5) is 26.0 Å². The topological polar surface area (TPSA) is 66.5 Å². The fourth-order valence-corrected chi connectivity index (χ4v) is 3.98. The number of para-hydroxylation sites is 1. The van der Waals surface area contributed by atoms with E-state index >= 15 is 0 Å². The van der Waals surface area contributed by atoms with Gasteiger partial charge in [-0.05, 0) is 54.1 Å². The Balaban J connectivity index is 1.40. The van der Waals surface area contributed by atoms with E-state index in [0.717, 1.165) is 24.5 Å². The number of ether oxygens (including phenoxy) is 1. The number of alkyl halides is 2. The van der Waals surface area contributed by atoms with Gasteiger partial charge in [0.25, 0.3) is 11.7 Å². The van der Waals surface area contributed by atoms with Crippen LogP contribution in [0.2, 0.25) is 0 Å². The second kappa shape index (κ2) is 11.1. The summed E-state index contributed by atoms with van der Waals surface area (Å²) in [5, 5.41) is 6.16. The van der Waals surface area contributed by atoms with Gasteiger partial charge in [-0.25, -0.2) is 4.98 Å². The predicted octanol–water partition coefficient (Wildman–Crippen LogP) is 4.91. The highest BCUT2D eigenvalue weighted by Gasteiger charge is 2.14.